The molecule has 1 aromatic rings. The van der Waals surface area contributed by atoms with Crippen LogP contribution >= 0.6 is 0 Å². The van der Waals surface area contributed by atoms with E-state index in [1.807, 2.05) is 0 Å². The van der Waals surface area contributed by atoms with Crippen molar-refractivity contribution < 1.29 is 14.7 Å². The molecular weight excluding hydrogens is 234 g/mol. The zero-order valence-electron chi connectivity index (χ0n) is 9.80. The van der Waals surface area contributed by atoms with Crippen LogP contribution in [0.4, 0.5) is 5.69 Å². The summed E-state index contributed by atoms with van der Waals surface area (Å²) in [6.07, 6.45) is -0.765. The van der Waals surface area contributed by atoms with E-state index >= 15 is 0 Å². The zero-order valence-corrected chi connectivity index (χ0v) is 9.80. The van der Waals surface area contributed by atoms with E-state index in [4.69, 9.17) is 5.73 Å². The lowest BCUT2D eigenvalue weighted by Crippen LogP contribution is -2.51. The van der Waals surface area contributed by atoms with Crippen LogP contribution in [0, 0.1) is 0 Å². The van der Waals surface area contributed by atoms with Crippen LogP contribution in [-0.4, -0.2) is 36.6 Å². The number of aliphatic hydroxyl groups is 1. The van der Waals surface area contributed by atoms with Crippen molar-refractivity contribution in [1.82, 2.24) is 5.32 Å². The average molecular weight is 249 g/mol. The Labute approximate surface area is 104 Å². The first kappa shape index (κ1) is 12.5. The summed E-state index contributed by atoms with van der Waals surface area (Å²) in [5.41, 5.74) is 6.62. The highest BCUT2D eigenvalue weighted by Crippen LogP contribution is 2.21. The van der Waals surface area contributed by atoms with Crippen molar-refractivity contribution in [3.63, 3.8) is 0 Å². The molecule has 1 aliphatic heterocycles. The number of carbonyl (C=O) groups is 2. The van der Waals surface area contributed by atoms with Crippen molar-refractivity contribution >= 4 is 17.5 Å². The standard InChI is InChI=1S/C12H15N3O3/c13-5-10(16)8-2-1-3-9(4-8)15-7-11(17)14-6-12(15)18/h1-4,10,16H,5-7,13H2,(H,14,17). The molecular formula is C12H15N3O3. The van der Waals surface area contributed by atoms with Gasteiger partial charge in [0, 0.05) is 12.2 Å². The van der Waals surface area contributed by atoms with Crippen LogP contribution in [0.5, 0.6) is 0 Å². The summed E-state index contributed by atoms with van der Waals surface area (Å²) in [7, 11) is 0. The maximum Gasteiger partial charge on any atom is 0.246 e. The molecule has 18 heavy (non-hydrogen) atoms. The fourth-order valence-electron chi connectivity index (χ4n) is 1.83. The van der Waals surface area contributed by atoms with E-state index in [-0.39, 0.29) is 31.4 Å². The van der Waals surface area contributed by atoms with Gasteiger partial charge in [0.2, 0.25) is 11.8 Å². The molecule has 0 saturated carbocycles. The zero-order chi connectivity index (χ0) is 13.1. The summed E-state index contributed by atoms with van der Waals surface area (Å²) in [5.74, 6) is -0.367. The molecule has 0 aliphatic carbocycles. The van der Waals surface area contributed by atoms with Gasteiger partial charge in [0.1, 0.15) is 6.54 Å². The van der Waals surface area contributed by atoms with Crippen molar-refractivity contribution in [3.8, 4) is 0 Å². The molecule has 2 amide bonds. The molecule has 1 unspecified atom stereocenters. The summed E-state index contributed by atoms with van der Waals surface area (Å²) in [4.78, 5) is 24.4. The SMILES string of the molecule is NCC(O)c1cccc(N2CC(=O)NCC2=O)c1. The fourth-order valence-corrected chi connectivity index (χ4v) is 1.83. The van der Waals surface area contributed by atoms with Crippen molar-refractivity contribution in [3.05, 3.63) is 29.8 Å². The van der Waals surface area contributed by atoms with E-state index < -0.39 is 6.10 Å². The number of nitrogens with one attached hydrogen (secondary N) is 1. The Morgan fingerprint density at radius 3 is 2.94 bits per heavy atom. The van der Waals surface area contributed by atoms with Crippen LogP contribution in [0.1, 0.15) is 11.7 Å². The number of anilines is 1. The van der Waals surface area contributed by atoms with Gasteiger partial charge >= 0.3 is 0 Å². The monoisotopic (exact) mass is 249 g/mol. The van der Waals surface area contributed by atoms with Crippen LogP contribution in [0.2, 0.25) is 0 Å². The Balaban J connectivity index is 2.27. The van der Waals surface area contributed by atoms with Crippen molar-refractivity contribution in [1.29, 1.82) is 0 Å². The third kappa shape index (κ3) is 2.49. The van der Waals surface area contributed by atoms with E-state index in [1.54, 1.807) is 24.3 Å². The Morgan fingerprint density at radius 1 is 1.44 bits per heavy atom. The second-order valence-electron chi connectivity index (χ2n) is 4.10. The predicted molar refractivity (Wildman–Crippen MR) is 65.8 cm³/mol. The van der Waals surface area contributed by atoms with Gasteiger partial charge in [-0.25, -0.2) is 0 Å². The number of hydrogen-bond acceptors (Lipinski definition) is 4. The van der Waals surface area contributed by atoms with Gasteiger partial charge in [-0.15, -0.1) is 0 Å². The molecule has 1 atom stereocenters. The van der Waals surface area contributed by atoms with Gasteiger partial charge in [-0.1, -0.05) is 12.1 Å². The van der Waals surface area contributed by atoms with E-state index in [9.17, 15) is 14.7 Å². The van der Waals surface area contributed by atoms with Gasteiger partial charge in [-0.2, -0.15) is 0 Å². The fraction of sp³-hybridized carbons (Fsp3) is 0.333. The number of nitrogens with zero attached hydrogens (tertiary/aromatic N) is 1. The molecule has 0 aromatic heterocycles. The van der Waals surface area contributed by atoms with Crippen molar-refractivity contribution in [2.75, 3.05) is 24.5 Å². The average Bonchev–Trinajstić information content (AvgIpc) is 2.40. The topological polar surface area (TPSA) is 95.7 Å². The van der Waals surface area contributed by atoms with E-state index in [0.717, 1.165) is 0 Å². The summed E-state index contributed by atoms with van der Waals surface area (Å²) < 4.78 is 0. The lowest BCUT2D eigenvalue weighted by Gasteiger charge is -2.27. The second kappa shape index (κ2) is 5.16. The maximum absolute atomic E-state index is 11.7. The first-order valence-corrected chi connectivity index (χ1v) is 5.67. The van der Waals surface area contributed by atoms with Crippen LogP contribution in [0.25, 0.3) is 0 Å². The number of amides is 2. The number of hydrogen-bond donors (Lipinski definition) is 3. The number of carbonyl (C=O) groups excluding carboxylic acids is 2. The quantitative estimate of drug-likeness (QED) is 0.649. The maximum atomic E-state index is 11.7. The molecule has 0 spiro atoms. The van der Waals surface area contributed by atoms with E-state index in [0.29, 0.717) is 11.3 Å². The number of nitrogens with two attached hydrogens (primary N) is 1. The van der Waals surface area contributed by atoms with Gasteiger partial charge in [-0.05, 0) is 17.7 Å². The molecule has 0 bridgehead atoms. The predicted octanol–water partition coefficient (Wildman–Crippen LogP) is -0.859. The van der Waals surface area contributed by atoms with Gasteiger partial charge < -0.3 is 21.1 Å². The Morgan fingerprint density at radius 2 is 2.22 bits per heavy atom. The molecule has 0 radical (unpaired) electrons. The Bertz CT molecular complexity index is 475. The smallest absolute Gasteiger partial charge is 0.246 e. The molecule has 4 N–H and O–H groups in total. The first-order chi connectivity index (χ1) is 8.61. The van der Waals surface area contributed by atoms with Crippen LogP contribution in [-0.2, 0) is 9.59 Å². The molecule has 6 heteroatoms. The molecule has 1 aromatic carbocycles. The highest BCUT2D eigenvalue weighted by atomic mass is 16.3. The highest BCUT2D eigenvalue weighted by Gasteiger charge is 2.24. The summed E-state index contributed by atoms with van der Waals surface area (Å²) in [5, 5.41) is 12.1. The summed E-state index contributed by atoms with van der Waals surface area (Å²) >= 11 is 0. The van der Waals surface area contributed by atoms with E-state index in [2.05, 4.69) is 5.32 Å². The highest BCUT2D eigenvalue weighted by molar-refractivity contribution is 6.04. The molecule has 1 saturated heterocycles. The van der Waals surface area contributed by atoms with Crippen molar-refractivity contribution in [2.24, 2.45) is 5.73 Å². The molecule has 1 heterocycles. The van der Waals surface area contributed by atoms with Gasteiger partial charge in [-0.3, -0.25) is 9.59 Å². The number of benzene rings is 1. The summed E-state index contributed by atoms with van der Waals surface area (Å²) in [6.45, 7) is 0.112. The largest absolute Gasteiger partial charge is 0.387 e. The number of piperazine rings is 1. The first-order valence-electron chi connectivity index (χ1n) is 5.67. The third-order valence-electron chi connectivity index (χ3n) is 2.83. The molecule has 96 valence electrons. The molecule has 1 aliphatic rings. The summed E-state index contributed by atoms with van der Waals surface area (Å²) in [6, 6.07) is 6.86. The van der Waals surface area contributed by atoms with Gasteiger partial charge in [0.25, 0.3) is 0 Å². The second-order valence-corrected chi connectivity index (χ2v) is 4.10. The minimum absolute atomic E-state index is 0.000999. The Hall–Kier alpha value is -1.92. The Kier molecular flexibility index (Phi) is 3.59. The van der Waals surface area contributed by atoms with Crippen LogP contribution in [0.15, 0.2) is 24.3 Å². The normalized spacial score (nSPS) is 17.6. The lowest BCUT2D eigenvalue weighted by molar-refractivity contribution is -0.128. The third-order valence-corrected chi connectivity index (χ3v) is 2.83. The number of aliphatic hydroxyl groups excluding tert-OH is 1. The molecule has 2 rings (SSSR count). The van der Waals surface area contributed by atoms with E-state index in [1.165, 1.54) is 4.90 Å². The van der Waals surface area contributed by atoms with Crippen molar-refractivity contribution in [2.45, 2.75) is 6.10 Å². The van der Waals surface area contributed by atoms with Gasteiger partial charge in [0.05, 0.1) is 12.6 Å². The molecule has 6 nitrogen and oxygen atoms in total. The van der Waals surface area contributed by atoms with Crippen LogP contribution in [0.3, 0.4) is 0 Å². The number of rotatable bonds is 3. The molecule has 1 fully saturated rings. The minimum atomic E-state index is -0.765. The van der Waals surface area contributed by atoms with Gasteiger partial charge in [0.15, 0.2) is 0 Å². The van der Waals surface area contributed by atoms with Crippen LogP contribution < -0.4 is 16.0 Å². The lowest BCUT2D eigenvalue weighted by atomic mass is 10.1. The minimum Gasteiger partial charge on any atom is -0.387 e.